The van der Waals surface area contributed by atoms with Crippen molar-refractivity contribution in [2.75, 3.05) is 18.9 Å². The van der Waals surface area contributed by atoms with Gasteiger partial charge < -0.3 is 15.8 Å². The zero-order valence-corrected chi connectivity index (χ0v) is 12.7. The van der Waals surface area contributed by atoms with E-state index in [1.54, 1.807) is 18.2 Å². The van der Waals surface area contributed by atoms with E-state index in [0.717, 1.165) is 6.42 Å². The van der Waals surface area contributed by atoms with Gasteiger partial charge in [0, 0.05) is 12.1 Å². The predicted molar refractivity (Wildman–Crippen MR) is 85.5 cm³/mol. The molecule has 1 aliphatic rings. The van der Waals surface area contributed by atoms with Crippen molar-refractivity contribution in [1.82, 2.24) is 5.32 Å². The fourth-order valence-electron chi connectivity index (χ4n) is 2.53. The largest absolute Gasteiger partial charge is 0.492 e. The highest BCUT2D eigenvalue weighted by molar-refractivity contribution is 5.95. The van der Waals surface area contributed by atoms with Gasteiger partial charge in [-0.15, -0.1) is 0 Å². The van der Waals surface area contributed by atoms with Gasteiger partial charge in [-0.05, 0) is 57.2 Å². The lowest BCUT2D eigenvalue weighted by molar-refractivity contribution is 0.0953. The molecule has 114 valence electrons. The zero-order chi connectivity index (χ0) is 15.1. The Kier molecular flexibility index (Phi) is 5.67. The Morgan fingerprint density at radius 2 is 2.24 bits per heavy atom. The van der Waals surface area contributed by atoms with Gasteiger partial charge in [-0.1, -0.05) is 11.6 Å². The summed E-state index contributed by atoms with van der Waals surface area (Å²) in [5, 5.41) is 2.96. The van der Waals surface area contributed by atoms with E-state index in [0.29, 0.717) is 30.2 Å². The molecule has 0 atom stereocenters. The number of nitrogens with one attached hydrogen (secondary N) is 1. The molecule has 0 bridgehead atoms. The van der Waals surface area contributed by atoms with Gasteiger partial charge in [0.2, 0.25) is 0 Å². The van der Waals surface area contributed by atoms with Crippen LogP contribution in [0.1, 0.15) is 49.4 Å². The molecule has 4 nitrogen and oxygen atoms in total. The third-order valence-corrected chi connectivity index (χ3v) is 3.69. The number of ether oxygens (including phenoxy) is 1. The molecule has 0 fully saturated rings. The lowest BCUT2D eigenvalue weighted by Crippen LogP contribution is -2.25. The van der Waals surface area contributed by atoms with Crippen LogP contribution in [-0.2, 0) is 0 Å². The first-order chi connectivity index (χ1) is 10.2. The van der Waals surface area contributed by atoms with Crippen molar-refractivity contribution < 1.29 is 9.53 Å². The molecule has 0 spiro atoms. The van der Waals surface area contributed by atoms with E-state index >= 15 is 0 Å². The minimum Gasteiger partial charge on any atom is -0.492 e. The van der Waals surface area contributed by atoms with Crippen molar-refractivity contribution in [1.29, 1.82) is 0 Å². The van der Waals surface area contributed by atoms with E-state index in [4.69, 9.17) is 10.5 Å². The van der Waals surface area contributed by atoms with Gasteiger partial charge in [-0.2, -0.15) is 0 Å². The van der Waals surface area contributed by atoms with Crippen LogP contribution >= 0.6 is 0 Å². The third kappa shape index (κ3) is 4.52. The molecule has 0 heterocycles. The molecule has 1 amide bonds. The van der Waals surface area contributed by atoms with Crippen LogP contribution in [0.25, 0.3) is 0 Å². The average molecular weight is 288 g/mol. The normalized spacial score (nSPS) is 14.4. The third-order valence-electron chi connectivity index (χ3n) is 3.69. The summed E-state index contributed by atoms with van der Waals surface area (Å²) in [5.74, 6) is 0.493. The number of benzene rings is 1. The Hall–Kier alpha value is -1.97. The number of carbonyl (C=O) groups excluding carboxylic acids is 1. The highest BCUT2D eigenvalue weighted by Crippen LogP contribution is 2.23. The van der Waals surface area contributed by atoms with Crippen LogP contribution in [-0.4, -0.2) is 19.1 Å². The van der Waals surface area contributed by atoms with Gasteiger partial charge in [0.1, 0.15) is 5.75 Å². The number of nitrogens with two attached hydrogens (primary N) is 1. The van der Waals surface area contributed by atoms with E-state index < -0.39 is 0 Å². The van der Waals surface area contributed by atoms with E-state index in [9.17, 15) is 4.79 Å². The number of anilines is 1. The molecule has 21 heavy (non-hydrogen) atoms. The maximum absolute atomic E-state index is 12.1. The maximum atomic E-state index is 12.1. The van der Waals surface area contributed by atoms with E-state index in [2.05, 4.69) is 11.4 Å². The first kappa shape index (κ1) is 15.4. The summed E-state index contributed by atoms with van der Waals surface area (Å²) in [6, 6.07) is 5.14. The van der Waals surface area contributed by atoms with Crippen LogP contribution in [0.2, 0.25) is 0 Å². The molecule has 0 unspecified atom stereocenters. The molecule has 0 radical (unpaired) electrons. The Balaban J connectivity index is 1.87. The lowest BCUT2D eigenvalue weighted by atomic mass is 9.97. The number of hydrogen-bond acceptors (Lipinski definition) is 3. The summed E-state index contributed by atoms with van der Waals surface area (Å²) in [5.41, 5.74) is 8.42. The number of allylic oxidation sites excluding steroid dienone is 1. The van der Waals surface area contributed by atoms with Gasteiger partial charge in [0.25, 0.3) is 5.91 Å². The first-order valence-corrected chi connectivity index (χ1v) is 7.69. The molecule has 0 aliphatic heterocycles. The van der Waals surface area contributed by atoms with Crippen LogP contribution in [0.4, 0.5) is 5.69 Å². The summed E-state index contributed by atoms with van der Waals surface area (Å²) in [6.07, 6.45) is 8.17. The zero-order valence-electron chi connectivity index (χ0n) is 12.7. The molecule has 2 rings (SSSR count). The quantitative estimate of drug-likeness (QED) is 0.623. The Morgan fingerprint density at radius 1 is 1.38 bits per heavy atom. The number of rotatable bonds is 6. The Labute approximate surface area is 126 Å². The fourth-order valence-corrected chi connectivity index (χ4v) is 2.53. The van der Waals surface area contributed by atoms with Crippen LogP contribution < -0.4 is 15.8 Å². The van der Waals surface area contributed by atoms with E-state index in [-0.39, 0.29) is 5.91 Å². The summed E-state index contributed by atoms with van der Waals surface area (Å²) in [6.45, 7) is 3.10. The molecule has 3 N–H and O–H groups in total. The summed E-state index contributed by atoms with van der Waals surface area (Å²) < 4.78 is 5.41. The molecule has 1 aromatic carbocycles. The van der Waals surface area contributed by atoms with E-state index in [1.807, 2.05) is 6.92 Å². The molecule has 1 aliphatic carbocycles. The molecular formula is C17H24N2O2. The Bertz CT molecular complexity index is 524. The van der Waals surface area contributed by atoms with Crippen molar-refractivity contribution >= 4 is 11.6 Å². The average Bonchev–Trinajstić information content (AvgIpc) is 2.50. The van der Waals surface area contributed by atoms with Crippen molar-refractivity contribution in [2.24, 2.45) is 0 Å². The van der Waals surface area contributed by atoms with Gasteiger partial charge in [0.05, 0.1) is 12.3 Å². The number of carbonyl (C=O) groups is 1. The minimum absolute atomic E-state index is 0.0765. The topological polar surface area (TPSA) is 64.3 Å². The smallest absolute Gasteiger partial charge is 0.251 e. The standard InChI is InChI=1S/C17H24N2O2/c1-2-21-16-12-14(8-9-15(16)18)17(20)19-11-10-13-6-4-3-5-7-13/h6,8-9,12H,2-5,7,10-11,18H2,1H3,(H,19,20). The van der Waals surface area contributed by atoms with Gasteiger partial charge in [-0.25, -0.2) is 0 Å². The fraction of sp³-hybridized carbons (Fsp3) is 0.471. The van der Waals surface area contributed by atoms with E-state index in [1.165, 1.54) is 31.3 Å². The molecule has 4 heteroatoms. The lowest BCUT2D eigenvalue weighted by Gasteiger charge is -2.13. The van der Waals surface area contributed by atoms with Crippen LogP contribution in [0.15, 0.2) is 29.8 Å². The van der Waals surface area contributed by atoms with Gasteiger partial charge in [-0.3, -0.25) is 4.79 Å². The monoisotopic (exact) mass is 288 g/mol. The minimum atomic E-state index is -0.0765. The highest BCUT2D eigenvalue weighted by atomic mass is 16.5. The van der Waals surface area contributed by atoms with Crippen molar-refractivity contribution in [3.8, 4) is 5.75 Å². The number of nitrogen functional groups attached to an aromatic ring is 1. The van der Waals surface area contributed by atoms with Crippen molar-refractivity contribution in [2.45, 2.75) is 39.0 Å². The second kappa shape index (κ2) is 7.72. The van der Waals surface area contributed by atoms with Gasteiger partial charge >= 0.3 is 0 Å². The Morgan fingerprint density at radius 3 is 2.95 bits per heavy atom. The van der Waals surface area contributed by atoms with Crippen LogP contribution in [0.5, 0.6) is 5.75 Å². The number of hydrogen-bond donors (Lipinski definition) is 2. The predicted octanol–water partition coefficient (Wildman–Crippen LogP) is 3.29. The second-order valence-electron chi connectivity index (χ2n) is 5.30. The molecular weight excluding hydrogens is 264 g/mol. The van der Waals surface area contributed by atoms with Gasteiger partial charge in [0.15, 0.2) is 0 Å². The molecule has 0 aromatic heterocycles. The van der Waals surface area contributed by atoms with Crippen molar-refractivity contribution in [3.63, 3.8) is 0 Å². The summed E-state index contributed by atoms with van der Waals surface area (Å²) in [4.78, 5) is 12.1. The summed E-state index contributed by atoms with van der Waals surface area (Å²) in [7, 11) is 0. The highest BCUT2D eigenvalue weighted by Gasteiger charge is 2.09. The molecule has 0 saturated heterocycles. The molecule has 0 saturated carbocycles. The first-order valence-electron chi connectivity index (χ1n) is 7.69. The SMILES string of the molecule is CCOc1cc(C(=O)NCCC2=CCCCC2)ccc1N. The van der Waals surface area contributed by atoms with Crippen molar-refractivity contribution in [3.05, 3.63) is 35.4 Å². The van der Waals surface area contributed by atoms with Crippen LogP contribution in [0, 0.1) is 0 Å². The van der Waals surface area contributed by atoms with Crippen LogP contribution in [0.3, 0.4) is 0 Å². The number of amides is 1. The summed E-state index contributed by atoms with van der Waals surface area (Å²) >= 11 is 0. The maximum Gasteiger partial charge on any atom is 0.251 e. The molecule has 1 aromatic rings. The second-order valence-corrected chi connectivity index (χ2v) is 5.30.